The lowest BCUT2D eigenvalue weighted by Gasteiger charge is -2.35. The summed E-state index contributed by atoms with van der Waals surface area (Å²) in [5, 5.41) is 12.1. The number of anilines is 3. The lowest BCUT2D eigenvalue weighted by Crippen LogP contribution is -2.47. The molecular formula is C26H28F3N7O. The number of piperazine rings is 1. The predicted molar refractivity (Wildman–Crippen MR) is 136 cm³/mol. The first kappa shape index (κ1) is 26.0. The second kappa shape index (κ2) is 11.3. The zero-order chi connectivity index (χ0) is 26.4. The SMILES string of the molecule is CNc1cc(-c2ccc(OCCCN3CCN(c4ccccn4)CC3)c(C(F)(F)F)c2)nc(C#N)c1N. The minimum Gasteiger partial charge on any atom is -0.493 e. The quantitative estimate of drug-likeness (QED) is 0.433. The van der Waals surface area contributed by atoms with Crippen molar-refractivity contribution < 1.29 is 17.9 Å². The summed E-state index contributed by atoms with van der Waals surface area (Å²) in [6, 6.07) is 13.0. The molecule has 1 aliphatic heterocycles. The molecule has 1 aromatic carbocycles. The summed E-state index contributed by atoms with van der Waals surface area (Å²) in [6.07, 6.45) is -2.25. The van der Waals surface area contributed by atoms with Crippen LogP contribution in [0.15, 0.2) is 48.7 Å². The van der Waals surface area contributed by atoms with Crippen LogP contribution in [0.4, 0.5) is 30.4 Å². The van der Waals surface area contributed by atoms with Gasteiger partial charge >= 0.3 is 6.18 Å². The highest BCUT2D eigenvalue weighted by atomic mass is 19.4. The number of hydrogen-bond donors (Lipinski definition) is 2. The molecule has 0 amide bonds. The Morgan fingerprint density at radius 3 is 2.57 bits per heavy atom. The predicted octanol–water partition coefficient (Wildman–Crippen LogP) is 4.25. The van der Waals surface area contributed by atoms with Crippen LogP contribution in [0.3, 0.4) is 0 Å². The van der Waals surface area contributed by atoms with Gasteiger partial charge in [-0.05, 0) is 42.8 Å². The number of rotatable bonds is 8. The van der Waals surface area contributed by atoms with Gasteiger partial charge in [0.1, 0.15) is 17.6 Å². The van der Waals surface area contributed by atoms with E-state index in [1.807, 2.05) is 24.3 Å². The monoisotopic (exact) mass is 511 g/mol. The van der Waals surface area contributed by atoms with Gasteiger partial charge in [0.15, 0.2) is 5.69 Å². The second-order valence-electron chi connectivity index (χ2n) is 8.61. The fraction of sp³-hybridized carbons (Fsp3) is 0.346. The van der Waals surface area contributed by atoms with Crippen LogP contribution in [-0.4, -0.2) is 61.2 Å². The molecule has 0 radical (unpaired) electrons. The highest BCUT2D eigenvalue weighted by Gasteiger charge is 2.35. The number of pyridine rings is 2. The molecule has 4 rings (SSSR count). The Kier molecular flexibility index (Phi) is 7.98. The molecule has 1 aliphatic rings. The van der Waals surface area contributed by atoms with E-state index in [1.165, 1.54) is 18.2 Å². The van der Waals surface area contributed by atoms with Crippen LogP contribution >= 0.6 is 0 Å². The Hall–Kier alpha value is -4.04. The molecule has 11 heteroatoms. The Labute approximate surface area is 213 Å². The van der Waals surface area contributed by atoms with E-state index in [1.54, 1.807) is 13.2 Å². The number of nitriles is 1. The number of halogens is 3. The summed E-state index contributed by atoms with van der Waals surface area (Å²) in [7, 11) is 1.61. The van der Waals surface area contributed by atoms with Crippen molar-refractivity contribution in [2.45, 2.75) is 12.6 Å². The van der Waals surface area contributed by atoms with Crippen molar-refractivity contribution in [3.05, 3.63) is 59.9 Å². The molecule has 1 saturated heterocycles. The van der Waals surface area contributed by atoms with Crippen molar-refractivity contribution in [1.29, 1.82) is 5.26 Å². The summed E-state index contributed by atoms with van der Waals surface area (Å²) in [4.78, 5) is 13.0. The van der Waals surface area contributed by atoms with Crippen LogP contribution in [0, 0.1) is 11.3 Å². The van der Waals surface area contributed by atoms with Crippen LogP contribution < -0.4 is 20.7 Å². The Bertz CT molecular complexity index is 1250. The first-order valence-electron chi connectivity index (χ1n) is 11.9. The molecule has 0 bridgehead atoms. The van der Waals surface area contributed by atoms with Crippen molar-refractivity contribution in [3.63, 3.8) is 0 Å². The molecular weight excluding hydrogens is 483 g/mol. The van der Waals surface area contributed by atoms with E-state index in [9.17, 15) is 18.4 Å². The van der Waals surface area contributed by atoms with Gasteiger partial charge in [0, 0.05) is 51.5 Å². The Morgan fingerprint density at radius 2 is 1.92 bits per heavy atom. The number of nitrogens with one attached hydrogen (secondary N) is 1. The summed E-state index contributed by atoms with van der Waals surface area (Å²) >= 11 is 0. The summed E-state index contributed by atoms with van der Waals surface area (Å²) in [5.74, 6) is 0.717. The van der Waals surface area contributed by atoms with Crippen molar-refractivity contribution in [3.8, 4) is 23.1 Å². The number of nitrogens with two attached hydrogens (primary N) is 1. The van der Waals surface area contributed by atoms with Crippen LogP contribution in [0.1, 0.15) is 17.7 Å². The molecule has 3 aromatic rings. The van der Waals surface area contributed by atoms with Gasteiger partial charge in [-0.25, -0.2) is 9.97 Å². The fourth-order valence-electron chi connectivity index (χ4n) is 4.24. The van der Waals surface area contributed by atoms with Crippen LogP contribution in [-0.2, 0) is 6.18 Å². The largest absolute Gasteiger partial charge is 0.493 e. The lowest BCUT2D eigenvalue weighted by molar-refractivity contribution is -0.138. The molecule has 2 aromatic heterocycles. The molecule has 8 nitrogen and oxygen atoms in total. The van der Waals surface area contributed by atoms with Gasteiger partial charge in [-0.15, -0.1) is 0 Å². The molecule has 1 fully saturated rings. The van der Waals surface area contributed by atoms with Crippen LogP contribution in [0.5, 0.6) is 5.75 Å². The second-order valence-corrected chi connectivity index (χ2v) is 8.61. The standard InChI is InChI=1S/C26H28F3N7O/c1-32-21-16-20(34-22(17-30)25(21)31)18-6-7-23(19(15-18)26(27,28)29)37-14-4-9-35-10-12-36(13-11-35)24-5-2-3-8-33-24/h2-3,5-8,15-16H,4,9-14,31H2,1H3,(H,32,34). The van der Waals surface area contributed by atoms with Crippen molar-refractivity contribution in [1.82, 2.24) is 14.9 Å². The number of hydrogen-bond acceptors (Lipinski definition) is 8. The van der Waals surface area contributed by atoms with Gasteiger partial charge in [0.25, 0.3) is 0 Å². The van der Waals surface area contributed by atoms with Crippen molar-refractivity contribution in [2.75, 3.05) is 62.3 Å². The van der Waals surface area contributed by atoms with Crippen molar-refractivity contribution in [2.24, 2.45) is 0 Å². The van der Waals surface area contributed by atoms with Crippen LogP contribution in [0.2, 0.25) is 0 Å². The summed E-state index contributed by atoms with van der Waals surface area (Å²) in [6.45, 7) is 4.29. The van der Waals surface area contributed by atoms with Crippen molar-refractivity contribution >= 4 is 17.2 Å². The van der Waals surface area contributed by atoms with Gasteiger partial charge in [0.05, 0.1) is 29.2 Å². The maximum atomic E-state index is 13.9. The maximum Gasteiger partial charge on any atom is 0.419 e. The topological polar surface area (TPSA) is 103 Å². The van der Waals surface area contributed by atoms with E-state index in [-0.39, 0.29) is 35.0 Å². The lowest BCUT2D eigenvalue weighted by atomic mass is 10.0. The third kappa shape index (κ3) is 6.21. The Morgan fingerprint density at radius 1 is 1.14 bits per heavy atom. The number of alkyl halides is 3. The van der Waals surface area contributed by atoms with Gasteiger partial charge in [-0.2, -0.15) is 18.4 Å². The first-order valence-corrected chi connectivity index (χ1v) is 11.9. The van der Waals surface area contributed by atoms with E-state index in [2.05, 4.69) is 25.1 Å². The number of ether oxygens (including phenoxy) is 1. The normalized spacial score (nSPS) is 14.3. The van der Waals surface area contributed by atoms with Gasteiger partial charge in [-0.1, -0.05) is 6.07 Å². The van der Waals surface area contributed by atoms with Crippen LogP contribution in [0.25, 0.3) is 11.3 Å². The maximum absolute atomic E-state index is 13.9. The van der Waals surface area contributed by atoms with Gasteiger partial charge in [-0.3, -0.25) is 4.90 Å². The highest BCUT2D eigenvalue weighted by molar-refractivity contribution is 5.77. The molecule has 3 N–H and O–H groups in total. The van der Waals surface area contributed by atoms with E-state index < -0.39 is 11.7 Å². The van der Waals surface area contributed by atoms with E-state index in [0.717, 1.165) is 44.6 Å². The number of nitrogens with zero attached hydrogens (tertiary/aromatic N) is 5. The highest BCUT2D eigenvalue weighted by Crippen LogP contribution is 2.39. The average molecular weight is 512 g/mol. The smallest absolute Gasteiger partial charge is 0.419 e. The van der Waals surface area contributed by atoms with E-state index >= 15 is 0 Å². The zero-order valence-electron chi connectivity index (χ0n) is 20.4. The first-order chi connectivity index (χ1) is 17.8. The van der Waals surface area contributed by atoms with E-state index in [4.69, 9.17) is 10.5 Å². The third-order valence-electron chi connectivity index (χ3n) is 6.24. The minimum atomic E-state index is -4.62. The molecule has 37 heavy (non-hydrogen) atoms. The molecule has 194 valence electrons. The number of aromatic nitrogens is 2. The summed E-state index contributed by atoms with van der Waals surface area (Å²) in [5.41, 5.74) is 5.89. The molecule has 0 unspecified atom stereocenters. The fourth-order valence-corrected chi connectivity index (χ4v) is 4.24. The molecule has 0 aliphatic carbocycles. The van der Waals surface area contributed by atoms with Gasteiger partial charge < -0.3 is 20.7 Å². The van der Waals surface area contributed by atoms with E-state index in [0.29, 0.717) is 12.1 Å². The average Bonchev–Trinajstić information content (AvgIpc) is 2.91. The summed E-state index contributed by atoms with van der Waals surface area (Å²) < 4.78 is 47.2. The zero-order valence-corrected chi connectivity index (χ0v) is 20.4. The molecule has 0 atom stereocenters. The Balaban J connectivity index is 1.38. The molecule has 0 saturated carbocycles. The third-order valence-corrected chi connectivity index (χ3v) is 6.24. The number of benzene rings is 1. The van der Waals surface area contributed by atoms with Gasteiger partial charge in [0.2, 0.25) is 0 Å². The molecule has 3 heterocycles. The molecule has 0 spiro atoms. The number of nitrogen functional groups attached to an aromatic ring is 1. The minimum absolute atomic E-state index is 0.0587.